The van der Waals surface area contributed by atoms with Crippen molar-refractivity contribution in [1.29, 1.82) is 0 Å². The van der Waals surface area contributed by atoms with Gasteiger partial charge in [0, 0.05) is 30.9 Å². The van der Waals surface area contributed by atoms with Gasteiger partial charge in [0.15, 0.2) is 11.5 Å². The molecule has 0 saturated carbocycles. The molecule has 0 amide bonds. The van der Waals surface area contributed by atoms with Crippen LogP contribution in [0.2, 0.25) is 0 Å². The lowest BCUT2D eigenvalue weighted by molar-refractivity contribution is 0.355. The Labute approximate surface area is 128 Å². The van der Waals surface area contributed by atoms with E-state index in [0.717, 1.165) is 43.3 Å². The zero-order valence-electron chi connectivity index (χ0n) is 13.5. The summed E-state index contributed by atoms with van der Waals surface area (Å²) in [6, 6.07) is 6.52. The molecule has 1 heterocycles. The lowest BCUT2D eigenvalue weighted by atomic mass is 9.98. The van der Waals surface area contributed by atoms with Crippen LogP contribution in [0.3, 0.4) is 0 Å². The maximum Gasteiger partial charge on any atom is 0.162 e. The molecule has 4 nitrogen and oxygen atoms in total. The van der Waals surface area contributed by atoms with Gasteiger partial charge >= 0.3 is 0 Å². The zero-order valence-corrected chi connectivity index (χ0v) is 13.5. The number of benzene rings is 1. The highest BCUT2D eigenvalue weighted by atomic mass is 16.5. The normalized spacial score (nSPS) is 19.6. The van der Waals surface area contributed by atoms with Crippen LogP contribution in [0.15, 0.2) is 18.2 Å². The number of rotatable bonds is 7. The van der Waals surface area contributed by atoms with Crippen molar-refractivity contribution in [3.8, 4) is 11.5 Å². The predicted octanol–water partition coefficient (Wildman–Crippen LogP) is 3.05. The number of ether oxygens (including phenoxy) is 2. The first-order chi connectivity index (χ1) is 10.2. The van der Waals surface area contributed by atoms with Crippen LogP contribution in [0, 0.1) is 5.92 Å². The Balaban J connectivity index is 1.94. The number of anilines is 1. The summed E-state index contributed by atoms with van der Waals surface area (Å²) in [5.41, 5.74) is 7.24. The highest BCUT2D eigenvalue weighted by molar-refractivity contribution is 5.56. The fraction of sp³-hybridized carbons (Fsp3) is 0.647. The van der Waals surface area contributed by atoms with Gasteiger partial charge in [-0.2, -0.15) is 0 Å². The van der Waals surface area contributed by atoms with Crippen molar-refractivity contribution in [2.24, 2.45) is 11.7 Å². The maximum atomic E-state index is 6.02. The largest absolute Gasteiger partial charge is 0.493 e. The Bertz CT molecular complexity index is 450. The SMILES string of the molecule is CCC(N)CCC1CCN(c2ccc(OC)c(OC)c2)C1. The van der Waals surface area contributed by atoms with Crippen LogP contribution in [0.1, 0.15) is 32.6 Å². The van der Waals surface area contributed by atoms with Crippen LogP contribution in [-0.4, -0.2) is 33.4 Å². The maximum absolute atomic E-state index is 6.02. The van der Waals surface area contributed by atoms with E-state index in [2.05, 4.69) is 24.0 Å². The molecule has 0 bridgehead atoms. The predicted molar refractivity (Wildman–Crippen MR) is 87.4 cm³/mol. The van der Waals surface area contributed by atoms with Gasteiger partial charge in [-0.3, -0.25) is 0 Å². The van der Waals surface area contributed by atoms with E-state index in [9.17, 15) is 0 Å². The van der Waals surface area contributed by atoms with Gasteiger partial charge in [0.2, 0.25) is 0 Å². The summed E-state index contributed by atoms with van der Waals surface area (Å²) < 4.78 is 10.7. The minimum Gasteiger partial charge on any atom is -0.493 e. The Kier molecular flexibility index (Phi) is 5.74. The van der Waals surface area contributed by atoms with E-state index >= 15 is 0 Å². The number of hydrogen-bond acceptors (Lipinski definition) is 4. The van der Waals surface area contributed by atoms with Crippen LogP contribution in [0.5, 0.6) is 11.5 Å². The van der Waals surface area contributed by atoms with Gasteiger partial charge in [-0.05, 0) is 43.7 Å². The van der Waals surface area contributed by atoms with E-state index in [0.29, 0.717) is 6.04 Å². The van der Waals surface area contributed by atoms with Crippen LogP contribution in [-0.2, 0) is 0 Å². The molecule has 118 valence electrons. The van der Waals surface area contributed by atoms with Crippen molar-refractivity contribution in [2.45, 2.75) is 38.6 Å². The molecular weight excluding hydrogens is 264 g/mol. The standard InChI is InChI=1S/C17H28N2O2/c1-4-14(18)6-5-13-9-10-19(12-13)15-7-8-16(20-2)17(11-15)21-3/h7-8,11,13-14H,4-6,9-10,12,18H2,1-3H3. The molecule has 0 aromatic heterocycles. The topological polar surface area (TPSA) is 47.7 Å². The molecule has 4 heteroatoms. The summed E-state index contributed by atoms with van der Waals surface area (Å²) >= 11 is 0. The van der Waals surface area contributed by atoms with Gasteiger partial charge in [-0.1, -0.05) is 6.92 Å². The average Bonchev–Trinajstić information content (AvgIpc) is 3.00. The monoisotopic (exact) mass is 292 g/mol. The lowest BCUT2D eigenvalue weighted by Gasteiger charge is -2.20. The average molecular weight is 292 g/mol. The fourth-order valence-corrected chi connectivity index (χ4v) is 2.98. The Morgan fingerprint density at radius 1 is 1.29 bits per heavy atom. The molecule has 1 fully saturated rings. The number of nitrogens with zero attached hydrogens (tertiary/aromatic N) is 1. The summed E-state index contributed by atoms with van der Waals surface area (Å²) in [6.45, 7) is 4.39. The minimum absolute atomic E-state index is 0.361. The fourth-order valence-electron chi connectivity index (χ4n) is 2.98. The first-order valence-corrected chi connectivity index (χ1v) is 7.90. The first kappa shape index (κ1) is 16.0. The zero-order chi connectivity index (χ0) is 15.2. The van der Waals surface area contributed by atoms with Crippen molar-refractivity contribution < 1.29 is 9.47 Å². The molecule has 21 heavy (non-hydrogen) atoms. The highest BCUT2D eigenvalue weighted by Crippen LogP contribution is 2.34. The van der Waals surface area contributed by atoms with E-state index in [1.165, 1.54) is 18.5 Å². The third-order valence-electron chi connectivity index (χ3n) is 4.49. The van der Waals surface area contributed by atoms with E-state index < -0.39 is 0 Å². The summed E-state index contributed by atoms with van der Waals surface area (Å²) in [5.74, 6) is 2.34. The molecule has 0 spiro atoms. The molecular formula is C17H28N2O2. The molecule has 1 aromatic carbocycles. The Hall–Kier alpha value is -1.42. The summed E-state index contributed by atoms with van der Waals surface area (Å²) in [4.78, 5) is 2.43. The van der Waals surface area contributed by atoms with Crippen molar-refractivity contribution in [2.75, 3.05) is 32.2 Å². The lowest BCUT2D eigenvalue weighted by Crippen LogP contribution is -2.22. The number of methoxy groups -OCH3 is 2. The molecule has 2 unspecified atom stereocenters. The van der Waals surface area contributed by atoms with Crippen LogP contribution < -0.4 is 20.1 Å². The molecule has 0 radical (unpaired) electrons. The van der Waals surface area contributed by atoms with Gasteiger partial charge in [-0.15, -0.1) is 0 Å². The van der Waals surface area contributed by atoms with Crippen LogP contribution in [0.4, 0.5) is 5.69 Å². The summed E-state index contributed by atoms with van der Waals surface area (Å²) in [5, 5.41) is 0. The van der Waals surface area contributed by atoms with Gasteiger partial charge in [0.1, 0.15) is 0 Å². The minimum atomic E-state index is 0.361. The molecule has 1 aromatic rings. The highest BCUT2D eigenvalue weighted by Gasteiger charge is 2.23. The van der Waals surface area contributed by atoms with E-state index in [1.807, 2.05) is 6.07 Å². The van der Waals surface area contributed by atoms with Gasteiger partial charge in [-0.25, -0.2) is 0 Å². The van der Waals surface area contributed by atoms with Gasteiger partial charge < -0.3 is 20.1 Å². The number of nitrogens with two attached hydrogens (primary N) is 1. The van der Waals surface area contributed by atoms with Crippen molar-refractivity contribution in [1.82, 2.24) is 0 Å². The second-order valence-corrected chi connectivity index (χ2v) is 5.89. The second kappa shape index (κ2) is 7.55. The molecule has 0 aliphatic carbocycles. The van der Waals surface area contributed by atoms with Crippen molar-refractivity contribution >= 4 is 5.69 Å². The Morgan fingerprint density at radius 3 is 2.71 bits per heavy atom. The van der Waals surface area contributed by atoms with Gasteiger partial charge in [0.05, 0.1) is 14.2 Å². The third-order valence-corrected chi connectivity index (χ3v) is 4.49. The van der Waals surface area contributed by atoms with E-state index in [1.54, 1.807) is 14.2 Å². The first-order valence-electron chi connectivity index (χ1n) is 7.90. The molecule has 2 N–H and O–H groups in total. The molecule has 1 aliphatic heterocycles. The van der Waals surface area contributed by atoms with Crippen LogP contribution >= 0.6 is 0 Å². The molecule has 2 rings (SSSR count). The Morgan fingerprint density at radius 2 is 2.05 bits per heavy atom. The molecule has 1 aliphatic rings. The quantitative estimate of drug-likeness (QED) is 0.839. The van der Waals surface area contributed by atoms with E-state index in [4.69, 9.17) is 15.2 Å². The van der Waals surface area contributed by atoms with Crippen molar-refractivity contribution in [3.63, 3.8) is 0 Å². The number of hydrogen-bond donors (Lipinski definition) is 1. The second-order valence-electron chi connectivity index (χ2n) is 5.89. The van der Waals surface area contributed by atoms with Crippen molar-refractivity contribution in [3.05, 3.63) is 18.2 Å². The third kappa shape index (κ3) is 4.03. The van der Waals surface area contributed by atoms with E-state index in [-0.39, 0.29) is 0 Å². The summed E-state index contributed by atoms with van der Waals surface area (Å²) in [7, 11) is 3.35. The van der Waals surface area contributed by atoms with Crippen LogP contribution in [0.25, 0.3) is 0 Å². The summed E-state index contributed by atoms with van der Waals surface area (Å²) in [6.07, 6.45) is 4.70. The smallest absolute Gasteiger partial charge is 0.162 e. The molecule has 2 atom stereocenters. The van der Waals surface area contributed by atoms with Gasteiger partial charge in [0.25, 0.3) is 0 Å². The molecule has 1 saturated heterocycles.